The molecule has 0 fully saturated rings. The summed E-state index contributed by atoms with van der Waals surface area (Å²) in [4.78, 5) is 0. The number of phenols is 8. The second-order valence-corrected chi connectivity index (χ2v) is 10.7. The minimum atomic E-state index is -1.62. The highest BCUT2D eigenvalue weighted by atomic mass is 16.5. The molecule has 0 amide bonds. The van der Waals surface area contributed by atoms with Crippen LogP contribution in [0.2, 0.25) is 0 Å². The maximum absolute atomic E-state index is 11.8. The number of aliphatic hydroxyl groups is 2. The number of rotatable bonds is 4. The van der Waals surface area contributed by atoms with Gasteiger partial charge in [0.25, 0.3) is 0 Å². The maximum Gasteiger partial charge on any atom is 0.202 e. The van der Waals surface area contributed by atoms with Crippen LogP contribution < -0.4 is 14.2 Å². The Bertz CT molecular complexity index is 1760. The highest BCUT2D eigenvalue weighted by Crippen LogP contribution is 2.57. The first-order chi connectivity index (χ1) is 20.9. The molecule has 2 heterocycles. The van der Waals surface area contributed by atoms with Gasteiger partial charge in [-0.05, 0) is 29.8 Å². The van der Waals surface area contributed by atoms with Gasteiger partial charge in [-0.3, -0.25) is 0 Å². The molecule has 0 aromatic heterocycles. The first-order valence-corrected chi connectivity index (χ1v) is 13.3. The molecule has 5 atom stereocenters. The molecule has 2 aliphatic heterocycles. The highest BCUT2D eigenvalue weighted by molar-refractivity contribution is 5.66. The number of ether oxygens (including phenoxy) is 3. The zero-order chi connectivity index (χ0) is 31.6. The van der Waals surface area contributed by atoms with Crippen LogP contribution in [0.15, 0.2) is 48.5 Å². The molecule has 0 saturated heterocycles. The topological polar surface area (TPSA) is 230 Å². The van der Waals surface area contributed by atoms with E-state index >= 15 is 0 Å². The average molecular weight is 609 g/mol. The zero-order valence-electron chi connectivity index (χ0n) is 22.9. The van der Waals surface area contributed by atoms with E-state index in [1.807, 2.05) is 0 Å². The number of aromatic hydroxyl groups is 8. The van der Waals surface area contributed by atoms with Crippen molar-refractivity contribution in [3.05, 3.63) is 76.3 Å². The van der Waals surface area contributed by atoms with Crippen molar-refractivity contribution in [2.24, 2.45) is 0 Å². The number of phenolic OH excluding ortho intramolecular Hbond substituents is 8. The van der Waals surface area contributed by atoms with Gasteiger partial charge in [0.15, 0.2) is 35.2 Å². The standard InChI is InChI=1S/C31H28O13/c1-42-31-20(38)5-12(6-21(31)39)28-22(40)9-14-16(34)10-19(37)25(30(14)44-28)26-24-18(36)7-13(32)8-23(24)43-29(27(26)41)11-2-3-15(33)17(35)4-11/h2-8,10,22,26-29,32-41H,9H2,1H3/t22-,26-,27-,28?,29-/m1/s1. The fourth-order valence-corrected chi connectivity index (χ4v) is 5.98. The summed E-state index contributed by atoms with van der Waals surface area (Å²) in [6.45, 7) is 0. The Morgan fingerprint density at radius 2 is 1.30 bits per heavy atom. The van der Waals surface area contributed by atoms with Crippen molar-refractivity contribution in [2.45, 2.75) is 36.8 Å². The number of aliphatic hydroxyl groups excluding tert-OH is 2. The average Bonchev–Trinajstić information content (AvgIpc) is 2.95. The van der Waals surface area contributed by atoms with Crippen LogP contribution >= 0.6 is 0 Å². The van der Waals surface area contributed by atoms with Crippen molar-refractivity contribution in [1.29, 1.82) is 0 Å². The lowest BCUT2D eigenvalue weighted by Crippen LogP contribution is -2.36. The van der Waals surface area contributed by atoms with Crippen LogP contribution in [0.4, 0.5) is 0 Å². The molecule has 44 heavy (non-hydrogen) atoms. The lowest BCUT2D eigenvalue weighted by molar-refractivity contribution is 0.00113. The Kier molecular flexibility index (Phi) is 6.78. The SMILES string of the molecule is COc1c(O)cc(C2Oc3c(c(O)cc(O)c3[C@H]3c4c(O)cc(O)cc4O[C@H](c4ccc(O)c(O)c4)[C@@H]3O)C[C@H]2O)cc1O. The van der Waals surface area contributed by atoms with E-state index in [4.69, 9.17) is 14.2 Å². The molecule has 2 aliphatic rings. The fraction of sp³-hybridized carbons (Fsp3) is 0.226. The van der Waals surface area contributed by atoms with Crippen molar-refractivity contribution < 1.29 is 65.3 Å². The van der Waals surface area contributed by atoms with Crippen molar-refractivity contribution in [3.63, 3.8) is 0 Å². The summed E-state index contributed by atoms with van der Waals surface area (Å²) in [7, 11) is 1.24. The molecule has 0 radical (unpaired) electrons. The molecule has 10 N–H and O–H groups in total. The monoisotopic (exact) mass is 608 g/mol. The molecule has 230 valence electrons. The molecule has 13 nitrogen and oxygen atoms in total. The summed E-state index contributed by atoms with van der Waals surface area (Å²) in [5.41, 5.74) is 0.190. The Balaban J connectivity index is 1.55. The number of fused-ring (bicyclic) bond motifs is 2. The van der Waals surface area contributed by atoms with Crippen molar-refractivity contribution in [3.8, 4) is 63.2 Å². The van der Waals surface area contributed by atoms with Gasteiger partial charge in [-0.1, -0.05) is 6.07 Å². The van der Waals surface area contributed by atoms with Gasteiger partial charge in [-0.25, -0.2) is 0 Å². The molecule has 0 bridgehead atoms. The van der Waals surface area contributed by atoms with Crippen LogP contribution in [-0.2, 0) is 6.42 Å². The largest absolute Gasteiger partial charge is 0.508 e. The maximum atomic E-state index is 11.8. The van der Waals surface area contributed by atoms with E-state index < -0.39 is 70.6 Å². The lowest BCUT2D eigenvalue weighted by Gasteiger charge is -2.40. The highest BCUT2D eigenvalue weighted by Gasteiger charge is 2.46. The molecule has 4 aromatic carbocycles. The summed E-state index contributed by atoms with van der Waals surface area (Å²) in [6.07, 6.45) is -5.72. The van der Waals surface area contributed by atoms with Gasteiger partial charge >= 0.3 is 0 Å². The minimum absolute atomic E-state index is 0.0521. The molecule has 4 aromatic rings. The quantitative estimate of drug-likeness (QED) is 0.150. The van der Waals surface area contributed by atoms with E-state index in [9.17, 15) is 51.1 Å². The van der Waals surface area contributed by atoms with E-state index in [1.54, 1.807) is 0 Å². The van der Waals surface area contributed by atoms with Crippen molar-refractivity contribution in [1.82, 2.24) is 0 Å². The van der Waals surface area contributed by atoms with Crippen LogP contribution in [-0.4, -0.2) is 70.4 Å². The number of benzene rings is 4. The van der Waals surface area contributed by atoms with Crippen molar-refractivity contribution >= 4 is 0 Å². The third kappa shape index (κ3) is 4.49. The molecule has 0 spiro atoms. The molecule has 1 unspecified atom stereocenters. The molecular formula is C31H28O13. The van der Waals surface area contributed by atoms with Gasteiger partial charge in [0.05, 0.1) is 19.1 Å². The van der Waals surface area contributed by atoms with Gasteiger partial charge in [-0.15, -0.1) is 0 Å². The summed E-state index contributed by atoms with van der Waals surface area (Å²) in [6, 6.07) is 9.32. The van der Waals surface area contributed by atoms with Crippen LogP contribution in [0.5, 0.6) is 63.2 Å². The van der Waals surface area contributed by atoms with Gasteiger partial charge in [0.1, 0.15) is 40.6 Å². The summed E-state index contributed by atoms with van der Waals surface area (Å²) >= 11 is 0. The molecule has 13 heteroatoms. The van der Waals surface area contributed by atoms with E-state index in [2.05, 4.69) is 0 Å². The second kappa shape index (κ2) is 10.4. The van der Waals surface area contributed by atoms with Gasteiger partial charge in [0.2, 0.25) is 5.75 Å². The van der Waals surface area contributed by atoms with Crippen LogP contribution in [0, 0.1) is 0 Å². The Morgan fingerprint density at radius 3 is 1.95 bits per heavy atom. The van der Waals surface area contributed by atoms with Gasteiger partial charge in [0, 0.05) is 46.9 Å². The smallest absolute Gasteiger partial charge is 0.202 e. The zero-order valence-corrected chi connectivity index (χ0v) is 22.9. The number of hydrogen-bond acceptors (Lipinski definition) is 13. The summed E-state index contributed by atoms with van der Waals surface area (Å²) < 4.78 is 17.1. The third-order valence-corrected chi connectivity index (χ3v) is 7.95. The van der Waals surface area contributed by atoms with E-state index in [0.717, 1.165) is 18.2 Å². The second-order valence-electron chi connectivity index (χ2n) is 10.7. The minimum Gasteiger partial charge on any atom is -0.508 e. The normalized spacial score (nSPS) is 22.3. The van der Waals surface area contributed by atoms with Crippen molar-refractivity contribution in [2.75, 3.05) is 7.11 Å². The van der Waals surface area contributed by atoms with Crippen LogP contribution in [0.3, 0.4) is 0 Å². The molecule has 0 aliphatic carbocycles. The molecular weight excluding hydrogens is 580 g/mol. The first-order valence-electron chi connectivity index (χ1n) is 13.3. The van der Waals surface area contributed by atoms with Gasteiger partial charge < -0.3 is 65.3 Å². The molecule has 6 rings (SSSR count). The predicted molar refractivity (Wildman–Crippen MR) is 150 cm³/mol. The predicted octanol–water partition coefficient (Wildman–Crippen LogP) is 3.00. The van der Waals surface area contributed by atoms with E-state index in [-0.39, 0.29) is 57.2 Å². The van der Waals surface area contributed by atoms with Crippen LogP contribution in [0.25, 0.3) is 0 Å². The van der Waals surface area contributed by atoms with E-state index in [1.165, 1.54) is 37.4 Å². The number of methoxy groups -OCH3 is 1. The third-order valence-electron chi connectivity index (χ3n) is 7.95. The van der Waals surface area contributed by atoms with E-state index in [0.29, 0.717) is 0 Å². The Hall–Kier alpha value is -5.40. The van der Waals surface area contributed by atoms with Crippen LogP contribution in [0.1, 0.15) is 45.9 Å². The summed E-state index contributed by atoms with van der Waals surface area (Å²) in [5, 5.41) is 107. The Morgan fingerprint density at radius 1 is 0.636 bits per heavy atom. The molecule has 0 saturated carbocycles. The summed E-state index contributed by atoms with van der Waals surface area (Å²) in [5.74, 6) is -5.51. The Labute approximate surface area is 248 Å². The first kappa shape index (κ1) is 28.7. The fourth-order valence-electron chi connectivity index (χ4n) is 5.98. The number of hydrogen-bond donors (Lipinski definition) is 10. The van der Waals surface area contributed by atoms with Gasteiger partial charge in [-0.2, -0.15) is 0 Å². The lowest BCUT2D eigenvalue weighted by atomic mass is 9.77.